The second kappa shape index (κ2) is 5.50. The number of hydrogen-bond acceptors (Lipinski definition) is 2. The highest BCUT2D eigenvalue weighted by molar-refractivity contribution is 5.20. The Hall–Kier alpha value is -1.28. The van der Waals surface area contributed by atoms with Crippen molar-refractivity contribution in [3.05, 3.63) is 11.6 Å². The van der Waals surface area contributed by atoms with Crippen molar-refractivity contribution in [3.63, 3.8) is 0 Å². The predicted octanol–water partition coefficient (Wildman–Crippen LogP) is 2.40. The predicted molar refractivity (Wildman–Crippen MR) is 43.4 cm³/mol. The average Bonchev–Trinajstić information content (AvgIpc) is 2.01. The van der Waals surface area contributed by atoms with E-state index in [2.05, 4.69) is 12.1 Å². The van der Waals surface area contributed by atoms with Crippen LogP contribution in [-0.4, -0.2) is 0 Å². The Bertz CT molecular complexity index is 215. The molecule has 0 aromatic rings. The second-order valence-electron chi connectivity index (χ2n) is 2.50. The zero-order chi connectivity index (χ0) is 8.69. The summed E-state index contributed by atoms with van der Waals surface area (Å²) in [5, 5.41) is 16.9. The van der Waals surface area contributed by atoms with Crippen LogP contribution in [0.1, 0.15) is 26.7 Å². The Labute approximate surface area is 67.8 Å². The first-order chi connectivity index (χ1) is 5.24. The fourth-order valence-electron chi connectivity index (χ4n) is 0.781. The fourth-order valence-corrected chi connectivity index (χ4v) is 0.781. The van der Waals surface area contributed by atoms with Gasteiger partial charge < -0.3 is 0 Å². The molecule has 1 unspecified atom stereocenters. The number of hydrogen-bond donors (Lipinski definition) is 0. The molecule has 0 fully saturated rings. The second-order valence-corrected chi connectivity index (χ2v) is 2.50. The van der Waals surface area contributed by atoms with Crippen LogP contribution in [0.15, 0.2) is 11.6 Å². The molecule has 0 aromatic carbocycles. The molecule has 2 nitrogen and oxygen atoms in total. The molecule has 0 aromatic heterocycles. The van der Waals surface area contributed by atoms with E-state index < -0.39 is 0 Å². The Morgan fingerprint density at radius 2 is 2.18 bits per heavy atom. The summed E-state index contributed by atoms with van der Waals surface area (Å²) in [7, 11) is 0. The zero-order valence-corrected chi connectivity index (χ0v) is 6.96. The van der Waals surface area contributed by atoms with Gasteiger partial charge in [-0.15, -0.1) is 0 Å². The number of rotatable bonds is 3. The summed E-state index contributed by atoms with van der Waals surface area (Å²) >= 11 is 0. The van der Waals surface area contributed by atoms with Gasteiger partial charge in [0.25, 0.3) is 0 Å². The molecule has 11 heavy (non-hydrogen) atoms. The zero-order valence-electron chi connectivity index (χ0n) is 6.96. The van der Waals surface area contributed by atoms with E-state index in [-0.39, 0.29) is 5.92 Å². The van der Waals surface area contributed by atoms with Crippen molar-refractivity contribution in [1.82, 2.24) is 0 Å². The molecule has 1 atom stereocenters. The Morgan fingerprint density at radius 3 is 2.55 bits per heavy atom. The first kappa shape index (κ1) is 9.72. The maximum atomic E-state index is 8.54. The highest BCUT2D eigenvalue weighted by Crippen LogP contribution is 2.08. The Balaban J connectivity index is 4.08. The monoisotopic (exact) mass is 148 g/mol. The highest BCUT2D eigenvalue weighted by Gasteiger charge is 1.98. The van der Waals surface area contributed by atoms with E-state index >= 15 is 0 Å². The van der Waals surface area contributed by atoms with Crippen LogP contribution in [0.5, 0.6) is 0 Å². The van der Waals surface area contributed by atoms with Crippen LogP contribution < -0.4 is 0 Å². The third-order valence-corrected chi connectivity index (χ3v) is 1.42. The molecule has 0 saturated heterocycles. The molecule has 0 bridgehead atoms. The van der Waals surface area contributed by atoms with Gasteiger partial charge in [-0.1, -0.05) is 19.9 Å². The highest BCUT2D eigenvalue weighted by atomic mass is 14.3. The molecule has 0 heterocycles. The summed E-state index contributed by atoms with van der Waals surface area (Å²) in [6.45, 7) is 3.88. The van der Waals surface area contributed by atoms with Gasteiger partial charge in [-0.2, -0.15) is 10.5 Å². The quantitative estimate of drug-likeness (QED) is 0.577. The lowest BCUT2D eigenvalue weighted by Gasteiger charge is -1.98. The van der Waals surface area contributed by atoms with Crippen LogP contribution in [0.3, 0.4) is 0 Å². The summed E-state index contributed by atoms with van der Waals surface area (Å²) in [5.74, 6) is 0.203. The largest absolute Gasteiger partial charge is 0.198 e. The summed E-state index contributed by atoms with van der Waals surface area (Å²) in [6, 6.07) is 4.16. The smallest absolute Gasteiger partial charge is 0.0943 e. The molecule has 0 spiro atoms. The average molecular weight is 148 g/mol. The van der Waals surface area contributed by atoms with Crippen LogP contribution >= 0.6 is 0 Å². The molecule has 2 heteroatoms. The van der Waals surface area contributed by atoms with Crippen LogP contribution in [0.25, 0.3) is 0 Å². The van der Waals surface area contributed by atoms with Gasteiger partial charge in [-0.05, 0) is 12.3 Å². The topological polar surface area (TPSA) is 47.6 Å². The van der Waals surface area contributed by atoms with E-state index in [1.807, 2.05) is 19.9 Å². The van der Waals surface area contributed by atoms with Crippen molar-refractivity contribution in [2.75, 3.05) is 0 Å². The molecule has 0 N–H and O–H groups in total. The van der Waals surface area contributed by atoms with E-state index in [9.17, 15) is 0 Å². The number of nitrogens with zero attached hydrogens (tertiary/aromatic N) is 2. The summed E-state index contributed by atoms with van der Waals surface area (Å²) in [5.41, 5.74) is 0.771. The Kier molecular flexibility index (Phi) is 4.86. The van der Waals surface area contributed by atoms with Crippen LogP contribution in [0.2, 0.25) is 0 Å². The van der Waals surface area contributed by atoms with Gasteiger partial charge in [0, 0.05) is 12.0 Å². The normalized spacial score (nSPS) is 13.3. The third-order valence-electron chi connectivity index (χ3n) is 1.42. The standard InChI is InChI=1S/C9H12N2/c1-3-9(7-11)6-8(2)4-5-10/h6,8H,3-4H2,1-2H3. The van der Waals surface area contributed by atoms with E-state index in [0.717, 1.165) is 12.0 Å². The molecule has 58 valence electrons. The van der Waals surface area contributed by atoms with E-state index in [4.69, 9.17) is 10.5 Å². The van der Waals surface area contributed by atoms with Crippen molar-refractivity contribution < 1.29 is 0 Å². The SMILES string of the molecule is CCC(C#N)=CC(C)CC#N. The van der Waals surface area contributed by atoms with Crippen molar-refractivity contribution in [2.45, 2.75) is 26.7 Å². The van der Waals surface area contributed by atoms with E-state index in [1.165, 1.54) is 0 Å². The Morgan fingerprint density at radius 1 is 1.55 bits per heavy atom. The van der Waals surface area contributed by atoms with Gasteiger partial charge >= 0.3 is 0 Å². The van der Waals surface area contributed by atoms with Crippen LogP contribution in [0.4, 0.5) is 0 Å². The minimum absolute atomic E-state index is 0.203. The lowest BCUT2D eigenvalue weighted by molar-refractivity contribution is 0.745. The van der Waals surface area contributed by atoms with Gasteiger partial charge in [-0.25, -0.2) is 0 Å². The van der Waals surface area contributed by atoms with Gasteiger partial charge in [0.2, 0.25) is 0 Å². The van der Waals surface area contributed by atoms with Crippen molar-refractivity contribution >= 4 is 0 Å². The molecule has 0 aliphatic rings. The maximum Gasteiger partial charge on any atom is 0.0943 e. The fraction of sp³-hybridized carbons (Fsp3) is 0.556. The van der Waals surface area contributed by atoms with Crippen molar-refractivity contribution in [1.29, 1.82) is 10.5 Å². The molecule has 0 amide bonds. The molecule has 0 rings (SSSR count). The van der Waals surface area contributed by atoms with Crippen LogP contribution in [-0.2, 0) is 0 Å². The molecule has 0 aliphatic heterocycles. The van der Waals surface area contributed by atoms with Crippen molar-refractivity contribution in [2.24, 2.45) is 5.92 Å². The first-order valence-electron chi connectivity index (χ1n) is 3.72. The summed E-state index contributed by atoms with van der Waals surface area (Å²) < 4.78 is 0. The number of allylic oxidation sites excluding steroid dienone is 2. The maximum absolute atomic E-state index is 8.54. The molecular formula is C9H12N2. The van der Waals surface area contributed by atoms with Crippen molar-refractivity contribution in [3.8, 4) is 12.1 Å². The first-order valence-corrected chi connectivity index (χ1v) is 3.72. The van der Waals surface area contributed by atoms with Gasteiger partial charge in [0.15, 0.2) is 0 Å². The van der Waals surface area contributed by atoms with Gasteiger partial charge in [0.05, 0.1) is 12.1 Å². The number of nitriles is 2. The molecule has 0 aliphatic carbocycles. The molecular weight excluding hydrogens is 136 g/mol. The third kappa shape index (κ3) is 4.17. The molecule has 0 saturated carbocycles. The van der Waals surface area contributed by atoms with E-state index in [0.29, 0.717) is 6.42 Å². The van der Waals surface area contributed by atoms with E-state index in [1.54, 1.807) is 0 Å². The minimum Gasteiger partial charge on any atom is -0.198 e. The summed E-state index contributed by atoms with van der Waals surface area (Å²) in [4.78, 5) is 0. The molecule has 0 radical (unpaired) electrons. The van der Waals surface area contributed by atoms with Crippen LogP contribution in [0, 0.1) is 28.6 Å². The summed E-state index contributed by atoms with van der Waals surface area (Å²) in [6.07, 6.45) is 3.11. The van der Waals surface area contributed by atoms with Gasteiger partial charge in [-0.3, -0.25) is 0 Å². The van der Waals surface area contributed by atoms with Gasteiger partial charge in [0.1, 0.15) is 0 Å². The lowest BCUT2D eigenvalue weighted by atomic mass is 10.0. The lowest BCUT2D eigenvalue weighted by Crippen LogP contribution is -1.89. The minimum atomic E-state index is 0.203.